The third-order valence-electron chi connectivity index (χ3n) is 6.66. The molecule has 40 heavy (non-hydrogen) atoms. The molecule has 7 nitrogen and oxygen atoms in total. The number of ether oxygens (including phenoxy) is 3. The van der Waals surface area contributed by atoms with E-state index in [0.29, 0.717) is 22.8 Å². The number of hydrogen-bond donors (Lipinski definition) is 0. The van der Waals surface area contributed by atoms with Crippen molar-refractivity contribution in [2.45, 2.75) is 18.0 Å². The van der Waals surface area contributed by atoms with E-state index in [1.165, 1.54) is 7.11 Å². The lowest BCUT2D eigenvalue weighted by atomic mass is 10.0. The minimum Gasteiger partial charge on any atom is -0.497 e. The fourth-order valence-electron chi connectivity index (χ4n) is 4.68. The van der Waals surface area contributed by atoms with Gasteiger partial charge in [0.05, 0.1) is 50.9 Å². The Morgan fingerprint density at radius 1 is 0.900 bits per heavy atom. The number of para-hydroxylation sites is 1. The minimum absolute atomic E-state index is 0.221. The number of pyridine rings is 1. The predicted molar refractivity (Wildman–Crippen MR) is 157 cm³/mol. The van der Waals surface area contributed by atoms with E-state index in [2.05, 4.69) is 24.3 Å². The van der Waals surface area contributed by atoms with E-state index >= 15 is 0 Å². The summed E-state index contributed by atoms with van der Waals surface area (Å²) in [5.41, 5.74) is 3.84. The SMILES string of the molecule is COc1cccc(-c2nc3cc(SC)ccc3cc2CN(Cc2ccco2)C(=O)c2cccc(OC)c2OC)c1. The number of thioether (sulfide) groups is 1. The van der Waals surface area contributed by atoms with Crippen LogP contribution in [0.15, 0.2) is 94.4 Å². The highest BCUT2D eigenvalue weighted by Gasteiger charge is 2.25. The van der Waals surface area contributed by atoms with Gasteiger partial charge in [0.15, 0.2) is 11.5 Å². The fraction of sp³-hybridized carbons (Fsp3) is 0.188. The van der Waals surface area contributed by atoms with Crippen molar-refractivity contribution < 1.29 is 23.4 Å². The number of methoxy groups -OCH3 is 3. The van der Waals surface area contributed by atoms with Crippen molar-refractivity contribution in [2.24, 2.45) is 0 Å². The molecule has 0 unspecified atom stereocenters. The van der Waals surface area contributed by atoms with Crippen LogP contribution in [0.25, 0.3) is 22.2 Å². The first-order chi connectivity index (χ1) is 19.5. The smallest absolute Gasteiger partial charge is 0.258 e. The summed E-state index contributed by atoms with van der Waals surface area (Å²) in [6.45, 7) is 0.535. The highest BCUT2D eigenvalue weighted by molar-refractivity contribution is 7.98. The van der Waals surface area contributed by atoms with Gasteiger partial charge in [-0.3, -0.25) is 4.79 Å². The molecule has 2 heterocycles. The van der Waals surface area contributed by atoms with Gasteiger partial charge in [-0.1, -0.05) is 24.3 Å². The summed E-state index contributed by atoms with van der Waals surface area (Å²) in [7, 11) is 4.72. The Kier molecular flexibility index (Phi) is 8.26. The normalized spacial score (nSPS) is 10.9. The zero-order chi connectivity index (χ0) is 28.1. The predicted octanol–water partition coefficient (Wildman–Crippen LogP) is 7.09. The van der Waals surface area contributed by atoms with E-state index in [9.17, 15) is 4.79 Å². The number of rotatable bonds is 10. The Morgan fingerprint density at radius 3 is 2.48 bits per heavy atom. The molecule has 0 aliphatic carbocycles. The number of carbonyl (C=O) groups excluding carboxylic acids is 1. The van der Waals surface area contributed by atoms with E-state index in [4.69, 9.17) is 23.6 Å². The lowest BCUT2D eigenvalue weighted by Gasteiger charge is -2.25. The molecular weight excluding hydrogens is 524 g/mol. The molecule has 8 heteroatoms. The topological polar surface area (TPSA) is 74.0 Å². The maximum Gasteiger partial charge on any atom is 0.258 e. The first-order valence-electron chi connectivity index (χ1n) is 12.7. The lowest BCUT2D eigenvalue weighted by molar-refractivity contribution is 0.0714. The third-order valence-corrected chi connectivity index (χ3v) is 7.38. The van der Waals surface area contributed by atoms with Gasteiger partial charge < -0.3 is 23.5 Å². The molecule has 0 N–H and O–H groups in total. The van der Waals surface area contributed by atoms with Crippen LogP contribution < -0.4 is 14.2 Å². The molecule has 5 aromatic rings. The summed E-state index contributed by atoms with van der Waals surface area (Å²) in [5, 5.41) is 0.990. The Bertz CT molecular complexity index is 1630. The number of carbonyl (C=O) groups is 1. The van der Waals surface area contributed by atoms with Gasteiger partial charge in [-0.25, -0.2) is 4.98 Å². The molecular formula is C32H30N2O5S. The van der Waals surface area contributed by atoms with E-state index in [0.717, 1.165) is 38.4 Å². The van der Waals surface area contributed by atoms with Gasteiger partial charge in [0.2, 0.25) is 0 Å². The van der Waals surface area contributed by atoms with Crippen LogP contribution in [0.2, 0.25) is 0 Å². The van der Waals surface area contributed by atoms with Crippen molar-refractivity contribution in [3.05, 3.63) is 102 Å². The average molecular weight is 555 g/mol. The van der Waals surface area contributed by atoms with Crippen molar-refractivity contribution in [1.29, 1.82) is 0 Å². The van der Waals surface area contributed by atoms with Crippen molar-refractivity contribution in [3.8, 4) is 28.5 Å². The summed E-state index contributed by atoms with van der Waals surface area (Å²) in [5.74, 6) is 2.04. The second-order valence-electron chi connectivity index (χ2n) is 9.07. The number of aromatic nitrogens is 1. The fourth-order valence-corrected chi connectivity index (χ4v) is 5.11. The summed E-state index contributed by atoms with van der Waals surface area (Å²) >= 11 is 1.67. The van der Waals surface area contributed by atoms with Crippen LogP contribution >= 0.6 is 11.8 Å². The Hall–Kier alpha value is -4.43. The monoisotopic (exact) mass is 554 g/mol. The van der Waals surface area contributed by atoms with Gasteiger partial charge in [-0.15, -0.1) is 11.8 Å². The summed E-state index contributed by atoms with van der Waals surface area (Å²) in [6, 6.07) is 25.1. The van der Waals surface area contributed by atoms with Crippen molar-refractivity contribution in [1.82, 2.24) is 9.88 Å². The molecule has 0 saturated carbocycles. The zero-order valence-electron chi connectivity index (χ0n) is 22.8. The van der Waals surface area contributed by atoms with Gasteiger partial charge in [-0.05, 0) is 66.4 Å². The molecule has 5 rings (SSSR count). The molecule has 0 radical (unpaired) electrons. The number of furan rings is 1. The van der Waals surface area contributed by atoms with Gasteiger partial charge in [0.25, 0.3) is 5.91 Å². The van der Waals surface area contributed by atoms with Crippen LogP contribution in [0, 0.1) is 0 Å². The number of nitrogens with zero attached hydrogens (tertiary/aromatic N) is 2. The van der Waals surface area contributed by atoms with Crippen molar-refractivity contribution in [2.75, 3.05) is 27.6 Å². The van der Waals surface area contributed by atoms with E-state index in [1.54, 1.807) is 55.3 Å². The van der Waals surface area contributed by atoms with Crippen LogP contribution in [-0.2, 0) is 13.1 Å². The van der Waals surface area contributed by atoms with E-state index in [1.807, 2.05) is 42.7 Å². The third kappa shape index (κ3) is 5.62. The van der Waals surface area contributed by atoms with E-state index in [-0.39, 0.29) is 19.0 Å². The van der Waals surface area contributed by atoms with Crippen LogP contribution in [0.3, 0.4) is 0 Å². The second-order valence-corrected chi connectivity index (χ2v) is 9.95. The van der Waals surface area contributed by atoms with Crippen molar-refractivity contribution in [3.63, 3.8) is 0 Å². The number of benzene rings is 3. The van der Waals surface area contributed by atoms with E-state index < -0.39 is 0 Å². The van der Waals surface area contributed by atoms with Gasteiger partial charge in [-0.2, -0.15) is 0 Å². The van der Waals surface area contributed by atoms with Gasteiger partial charge >= 0.3 is 0 Å². The molecule has 0 spiro atoms. The Morgan fingerprint density at radius 2 is 1.75 bits per heavy atom. The van der Waals surface area contributed by atoms with Crippen LogP contribution in [0.1, 0.15) is 21.7 Å². The molecule has 1 amide bonds. The Labute approximate surface area is 237 Å². The highest BCUT2D eigenvalue weighted by atomic mass is 32.2. The Balaban J connectivity index is 1.64. The number of fused-ring (bicyclic) bond motifs is 1. The molecule has 2 aromatic heterocycles. The first-order valence-corrected chi connectivity index (χ1v) is 13.9. The molecule has 0 atom stereocenters. The summed E-state index contributed by atoms with van der Waals surface area (Å²) in [4.78, 5) is 22.1. The molecule has 0 bridgehead atoms. The summed E-state index contributed by atoms with van der Waals surface area (Å²) in [6.07, 6.45) is 3.65. The number of hydrogen-bond acceptors (Lipinski definition) is 7. The molecule has 0 fully saturated rings. The average Bonchev–Trinajstić information content (AvgIpc) is 3.52. The van der Waals surface area contributed by atoms with Crippen LogP contribution in [0.4, 0.5) is 0 Å². The number of amides is 1. The maximum absolute atomic E-state index is 14.1. The standard InChI is InChI=1S/C32H30N2O5S/c1-36-24-9-5-8-22(17-24)30-23(16-21-13-14-26(40-4)18-28(21)33-30)19-34(20-25-10-7-15-39-25)32(35)27-11-6-12-29(37-2)31(27)38-3/h5-18H,19-20H2,1-4H3. The molecule has 0 saturated heterocycles. The zero-order valence-corrected chi connectivity index (χ0v) is 23.7. The van der Waals surface area contributed by atoms with Crippen molar-refractivity contribution >= 4 is 28.6 Å². The maximum atomic E-state index is 14.1. The first kappa shape index (κ1) is 27.1. The minimum atomic E-state index is -0.221. The quantitative estimate of drug-likeness (QED) is 0.171. The lowest BCUT2D eigenvalue weighted by Crippen LogP contribution is -2.30. The summed E-state index contributed by atoms with van der Waals surface area (Å²) < 4.78 is 22.2. The second kappa shape index (κ2) is 12.2. The van der Waals surface area contributed by atoms with Gasteiger partial charge in [0, 0.05) is 22.4 Å². The van der Waals surface area contributed by atoms with Crippen LogP contribution in [0.5, 0.6) is 17.2 Å². The molecule has 3 aromatic carbocycles. The highest BCUT2D eigenvalue weighted by Crippen LogP contribution is 2.34. The molecule has 204 valence electrons. The largest absolute Gasteiger partial charge is 0.497 e. The molecule has 0 aliphatic heterocycles. The van der Waals surface area contributed by atoms with Crippen LogP contribution in [-0.4, -0.2) is 43.4 Å². The van der Waals surface area contributed by atoms with Gasteiger partial charge in [0.1, 0.15) is 11.5 Å². The molecule has 0 aliphatic rings.